The van der Waals surface area contributed by atoms with Crippen LogP contribution in [-0.4, -0.2) is 9.97 Å². The molecule has 10 bridgehead atoms. The molecule has 0 amide bonds. The zero-order valence-corrected chi connectivity index (χ0v) is 51.9. The van der Waals surface area contributed by atoms with E-state index in [1.807, 2.05) is 0 Å². The van der Waals surface area contributed by atoms with Crippen LogP contribution in [0.2, 0.25) is 0 Å². The van der Waals surface area contributed by atoms with Gasteiger partial charge < -0.3 is 0 Å². The normalized spacial score (nSPS) is 15.1. The highest BCUT2D eigenvalue weighted by molar-refractivity contribution is 5.87. The summed E-state index contributed by atoms with van der Waals surface area (Å²) in [6.07, 6.45) is 0. The van der Waals surface area contributed by atoms with Gasteiger partial charge in [-0.2, -0.15) is 0 Å². The highest BCUT2D eigenvalue weighted by Gasteiger charge is 2.42. The molecular weight excluding hydrogens is 917 g/mol. The van der Waals surface area contributed by atoms with Gasteiger partial charge in [-0.25, -0.2) is 9.97 Å². The average molecular weight is 1010 g/mol. The number of hydrogen-bond donors (Lipinski definition) is 0. The van der Waals surface area contributed by atoms with Gasteiger partial charge >= 0.3 is 0 Å². The number of hydrogen-bond acceptors (Lipinski definition) is 2. The number of aromatic nitrogens is 2. The van der Waals surface area contributed by atoms with E-state index in [2.05, 4.69) is 288 Å². The van der Waals surface area contributed by atoms with Crippen molar-refractivity contribution in [1.29, 1.82) is 0 Å². The molecular formula is C74H94N2. The van der Waals surface area contributed by atoms with Crippen LogP contribution < -0.4 is 0 Å². The molecule has 7 aromatic rings. The molecule has 0 N–H and O–H groups in total. The lowest BCUT2D eigenvalue weighted by atomic mass is 9.59. The number of benzene rings is 5. The van der Waals surface area contributed by atoms with Crippen LogP contribution in [0.1, 0.15) is 223 Å². The molecule has 1 aliphatic carbocycles. The quantitative estimate of drug-likeness (QED) is 0.172. The fraction of sp³-hybridized carbons (Fsp3) is 0.459. The van der Waals surface area contributed by atoms with E-state index in [1.165, 1.54) is 72.3 Å². The van der Waals surface area contributed by atoms with E-state index in [9.17, 15) is 0 Å². The predicted molar refractivity (Wildman–Crippen MR) is 332 cm³/mol. The molecule has 5 aromatic carbocycles. The third-order valence-electron chi connectivity index (χ3n) is 17.2. The summed E-state index contributed by atoms with van der Waals surface area (Å²) in [7, 11) is 0. The predicted octanol–water partition coefficient (Wildman–Crippen LogP) is 21.1. The van der Waals surface area contributed by atoms with Gasteiger partial charge in [0, 0.05) is 22.3 Å². The third-order valence-corrected chi connectivity index (χ3v) is 17.2. The molecule has 400 valence electrons. The zero-order valence-electron chi connectivity index (χ0n) is 51.9. The van der Waals surface area contributed by atoms with Crippen LogP contribution in [0, 0.1) is 0 Å². The molecule has 2 nitrogen and oxygen atoms in total. The number of rotatable bonds is 2. The molecule has 2 aromatic heterocycles. The summed E-state index contributed by atoms with van der Waals surface area (Å²) in [6.45, 7) is 59.1. The summed E-state index contributed by atoms with van der Waals surface area (Å²) in [4.78, 5) is 11.6. The molecule has 2 heteroatoms. The number of fused-ring (bicyclic) bond motifs is 14. The summed E-state index contributed by atoms with van der Waals surface area (Å²) in [5.41, 5.74) is 23.7. The van der Waals surface area contributed by atoms with E-state index < -0.39 is 0 Å². The lowest BCUT2D eigenvalue weighted by molar-refractivity contribution is 0.302. The van der Waals surface area contributed by atoms with Crippen molar-refractivity contribution in [1.82, 2.24) is 9.97 Å². The van der Waals surface area contributed by atoms with Crippen LogP contribution in [0.4, 0.5) is 0 Å². The number of nitrogens with zero attached hydrogens (tertiary/aromatic N) is 2. The first-order valence-electron chi connectivity index (χ1n) is 28.4. The minimum absolute atomic E-state index is 0.0561. The Morgan fingerprint density at radius 1 is 0.263 bits per heavy atom. The van der Waals surface area contributed by atoms with Gasteiger partial charge in [0.2, 0.25) is 0 Å². The molecule has 0 spiro atoms. The van der Waals surface area contributed by atoms with Gasteiger partial charge in [-0.1, -0.05) is 216 Å². The van der Waals surface area contributed by atoms with Crippen molar-refractivity contribution < 1.29 is 0 Å². The molecule has 0 unspecified atom stereocenters. The second-order valence-corrected chi connectivity index (χ2v) is 31.2. The second-order valence-electron chi connectivity index (χ2n) is 31.2. The summed E-state index contributed by atoms with van der Waals surface area (Å²) in [6, 6.07) is 45.8. The second kappa shape index (κ2) is 18.5. The molecule has 8 rings (SSSR count). The fourth-order valence-electron chi connectivity index (χ4n) is 10.9. The van der Waals surface area contributed by atoms with Gasteiger partial charge in [0.1, 0.15) is 0 Å². The minimum atomic E-state index is -0.336. The summed E-state index contributed by atoms with van der Waals surface area (Å²) < 4.78 is 0. The summed E-state index contributed by atoms with van der Waals surface area (Å²) in [5.74, 6) is 0. The molecule has 1 aliphatic rings. The van der Waals surface area contributed by atoms with E-state index in [4.69, 9.17) is 9.97 Å². The van der Waals surface area contributed by atoms with Crippen LogP contribution in [-0.2, 0) is 48.7 Å². The molecule has 0 aliphatic heterocycles. The number of pyridine rings is 2. The van der Waals surface area contributed by atoms with Crippen LogP contribution in [0.3, 0.4) is 0 Å². The zero-order chi connectivity index (χ0) is 56.5. The average Bonchev–Trinajstić information content (AvgIpc) is 3.30. The lowest BCUT2D eigenvalue weighted by Gasteiger charge is -2.44. The van der Waals surface area contributed by atoms with E-state index in [0.717, 1.165) is 45.0 Å². The standard InChI is InChI=1S/C74H94N2/c1-66(2,3)51-29-47(30-52(41-51)67(4,5)6)61-37-45-39-63(75-61)49-33-55(70(13,14)15)43-57(35-49)73(22,23)74(24,25)58-36-50(34-56(44-58)71(16,17)18)64-40-46(60-28-26-27-59(45)65(60)72(19,20)21)38-62(76-64)48-31-53(68(7,8)9)42-54(32-48)69(10,11)12/h26-44H,1-25H3. The maximum absolute atomic E-state index is 5.82. The highest BCUT2D eigenvalue weighted by atomic mass is 14.7. The molecule has 76 heavy (non-hydrogen) atoms. The van der Waals surface area contributed by atoms with Crippen LogP contribution in [0.15, 0.2) is 115 Å². The van der Waals surface area contributed by atoms with Crippen molar-refractivity contribution >= 4 is 0 Å². The van der Waals surface area contributed by atoms with Crippen molar-refractivity contribution in [2.75, 3.05) is 0 Å². The molecule has 2 heterocycles. The maximum atomic E-state index is 5.82. The van der Waals surface area contributed by atoms with Gasteiger partial charge in [0.15, 0.2) is 0 Å². The van der Waals surface area contributed by atoms with Crippen molar-refractivity contribution in [3.8, 4) is 67.3 Å². The Balaban J connectivity index is 1.60. The molecule has 0 fully saturated rings. The Hall–Kier alpha value is -5.60. The van der Waals surface area contributed by atoms with Crippen molar-refractivity contribution in [3.05, 3.63) is 165 Å². The summed E-state index contributed by atoms with van der Waals surface area (Å²) >= 11 is 0. The molecule has 0 atom stereocenters. The first kappa shape index (κ1) is 56.6. The third kappa shape index (κ3) is 11.1. The van der Waals surface area contributed by atoms with E-state index in [-0.39, 0.29) is 48.7 Å². The minimum Gasteiger partial charge on any atom is -0.248 e. The topological polar surface area (TPSA) is 25.8 Å². The highest BCUT2D eigenvalue weighted by Crippen LogP contribution is 2.50. The maximum Gasteiger partial charge on any atom is 0.0715 e. The Morgan fingerprint density at radius 3 is 0.737 bits per heavy atom. The summed E-state index contributed by atoms with van der Waals surface area (Å²) in [5, 5.41) is 0. The van der Waals surface area contributed by atoms with Gasteiger partial charge in [0.25, 0.3) is 0 Å². The Labute approximate surface area is 462 Å². The van der Waals surface area contributed by atoms with Gasteiger partial charge in [-0.05, 0) is 194 Å². The van der Waals surface area contributed by atoms with Crippen molar-refractivity contribution in [2.24, 2.45) is 0 Å². The monoisotopic (exact) mass is 1010 g/mol. The first-order chi connectivity index (χ1) is 34.5. The van der Waals surface area contributed by atoms with E-state index in [1.54, 1.807) is 0 Å². The fourth-order valence-corrected chi connectivity index (χ4v) is 10.9. The molecule has 0 saturated carbocycles. The van der Waals surface area contributed by atoms with E-state index in [0.29, 0.717) is 0 Å². The smallest absolute Gasteiger partial charge is 0.0715 e. The van der Waals surface area contributed by atoms with Gasteiger partial charge in [-0.15, -0.1) is 0 Å². The first-order valence-corrected chi connectivity index (χ1v) is 28.4. The Kier molecular flexibility index (Phi) is 13.8. The van der Waals surface area contributed by atoms with Crippen LogP contribution in [0.5, 0.6) is 0 Å². The molecule has 0 radical (unpaired) electrons. The largest absolute Gasteiger partial charge is 0.248 e. The molecule has 0 saturated heterocycles. The van der Waals surface area contributed by atoms with Crippen molar-refractivity contribution in [2.45, 2.75) is 222 Å². The Bertz CT molecular complexity index is 3090. The van der Waals surface area contributed by atoms with Gasteiger partial charge in [-0.3, -0.25) is 0 Å². The van der Waals surface area contributed by atoms with Crippen molar-refractivity contribution in [3.63, 3.8) is 0 Å². The SMILES string of the molecule is CC(C)(C)c1cc(-c2cc3cc(n2)-c2cc(C(C)(C)C)cc(c2)C(C)(C)C(C)(C)c2cc(cc(C(C)(C)C)c2)-c2cc(cc(-c4cc(C(C)(C)C)cc(C(C)(C)C)c4)n2)-c2cccc-3c2C(C)(C)C)cc(C(C)(C)C)c1. The van der Waals surface area contributed by atoms with Crippen LogP contribution in [0.25, 0.3) is 67.3 Å². The van der Waals surface area contributed by atoms with Gasteiger partial charge in [0.05, 0.1) is 22.8 Å². The van der Waals surface area contributed by atoms with E-state index >= 15 is 0 Å². The van der Waals surface area contributed by atoms with Crippen LogP contribution >= 0.6 is 0 Å². The lowest BCUT2D eigenvalue weighted by Crippen LogP contribution is -2.41. The Morgan fingerprint density at radius 2 is 0.500 bits per heavy atom.